The zero-order chi connectivity index (χ0) is 12.3. The van der Waals surface area contributed by atoms with Gasteiger partial charge in [0, 0.05) is 5.56 Å². The topological polar surface area (TPSA) is 66.5 Å². The van der Waals surface area contributed by atoms with Crippen LogP contribution >= 0.6 is 0 Å². The lowest BCUT2D eigenvalue weighted by Gasteiger charge is -2.15. The summed E-state index contributed by atoms with van der Waals surface area (Å²) >= 11 is 0. The van der Waals surface area contributed by atoms with E-state index in [9.17, 15) is 19.0 Å². The minimum atomic E-state index is -2.76. The molecule has 1 rings (SSSR count). The summed E-state index contributed by atoms with van der Waals surface area (Å²) < 4.78 is 25.1. The maximum atomic E-state index is 12.6. The van der Waals surface area contributed by atoms with Crippen molar-refractivity contribution in [3.8, 4) is 5.75 Å². The van der Waals surface area contributed by atoms with E-state index in [0.29, 0.717) is 5.56 Å². The lowest BCUT2D eigenvalue weighted by Crippen LogP contribution is -2.08. The quantitative estimate of drug-likeness (QED) is 0.742. The zero-order valence-corrected chi connectivity index (χ0v) is 8.95. The maximum absolute atomic E-state index is 12.6. The molecule has 0 radical (unpaired) electrons. The zero-order valence-electron chi connectivity index (χ0n) is 8.95. The molecule has 0 aromatic heterocycles. The van der Waals surface area contributed by atoms with Gasteiger partial charge in [0.25, 0.3) is 6.43 Å². The highest BCUT2D eigenvalue weighted by Gasteiger charge is 2.20. The van der Waals surface area contributed by atoms with Gasteiger partial charge in [0.2, 0.25) is 0 Å². The second-order valence-electron chi connectivity index (χ2n) is 3.69. The van der Waals surface area contributed by atoms with Gasteiger partial charge in [-0.2, -0.15) is 0 Å². The van der Waals surface area contributed by atoms with E-state index in [1.165, 1.54) is 12.1 Å². The number of phenols is 1. The fourth-order valence-corrected chi connectivity index (χ4v) is 1.57. The summed E-state index contributed by atoms with van der Waals surface area (Å²) in [5.74, 6) is -0.540. The molecule has 3 nitrogen and oxygen atoms in total. The number of hydrogen-bond donors (Lipinski definition) is 3. The van der Waals surface area contributed by atoms with Gasteiger partial charge in [0.15, 0.2) is 0 Å². The molecule has 0 amide bonds. The summed E-state index contributed by atoms with van der Waals surface area (Å²) in [7, 11) is 0. The number of phenolic OH excluding ortho intramolecular Hbond substituents is 1. The fourth-order valence-electron chi connectivity index (χ4n) is 1.57. The summed E-state index contributed by atoms with van der Waals surface area (Å²) in [6, 6.07) is 2.69. The second kappa shape index (κ2) is 5.23. The van der Waals surface area contributed by atoms with Crippen LogP contribution in [0.1, 0.15) is 35.6 Å². The van der Waals surface area contributed by atoms with E-state index >= 15 is 0 Å². The van der Waals surface area contributed by atoms with E-state index in [0.717, 1.165) is 0 Å². The molecule has 0 aliphatic heterocycles. The second-order valence-corrected chi connectivity index (χ2v) is 3.69. The van der Waals surface area contributed by atoms with Crippen molar-refractivity contribution in [2.75, 3.05) is 6.54 Å². The highest BCUT2D eigenvalue weighted by Crippen LogP contribution is 2.36. The van der Waals surface area contributed by atoms with Crippen LogP contribution in [0.5, 0.6) is 5.75 Å². The van der Waals surface area contributed by atoms with Crippen molar-refractivity contribution in [2.45, 2.75) is 25.9 Å². The van der Waals surface area contributed by atoms with Gasteiger partial charge in [0.1, 0.15) is 5.75 Å². The van der Waals surface area contributed by atoms with Crippen LogP contribution in [0.2, 0.25) is 0 Å². The van der Waals surface area contributed by atoms with Crippen LogP contribution in [0.3, 0.4) is 0 Å². The molecule has 4 N–H and O–H groups in total. The van der Waals surface area contributed by atoms with Crippen molar-refractivity contribution in [3.63, 3.8) is 0 Å². The van der Waals surface area contributed by atoms with Crippen LogP contribution in [-0.4, -0.2) is 16.8 Å². The Morgan fingerprint density at radius 1 is 1.31 bits per heavy atom. The van der Waals surface area contributed by atoms with Gasteiger partial charge in [-0.1, -0.05) is 5.56 Å². The minimum Gasteiger partial charge on any atom is -0.507 e. The molecule has 16 heavy (non-hydrogen) atoms. The molecule has 1 atom stereocenters. The van der Waals surface area contributed by atoms with Gasteiger partial charge >= 0.3 is 0 Å². The Labute approximate surface area is 92.5 Å². The van der Waals surface area contributed by atoms with Crippen LogP contribution in [0.4, 0.5) is 8.78 Å². The smallest absolute Gasteiger partial charge is 0.267 e. The number of alkyl halides is 2. The van der Waals surface area contributed by atoms with Crippen LogP contribution in [0, 0.1) is 6.92 Å². The summed E-state index contributed by atoms with van der Waals surface area (Å²) in [5, 5.41) is 19.2. The van der Waals surface area contributed by atoms with Crippen molar-refractivity contribution < 1.29 is 19.0 Å². The SMILES string of the molecule is Cc1cc(C(F)F)c(O)c(C(O)CCN)c1. The number of aliphatic hydroxyl groups is 1. The maximum Gasteiger partial charge on any atom is 0.267 e. The summed E-state index contributed by atoms with van der Waals surface area (Å²) in [6.07, 6.45) is -3.55. The number of halogens is 2. The standard InChI is InChI=1S/C11H15F2NO2/c1-6-4-7(9(15)2-3-14)10(16)8(5-6)11(12)13/h4-5,9,11,15-16H,2-3,14H2,1H3. The first kappa shape index (κ1) is 12.9. The summed E-state index contributed by atoms with van der Waals surface area (Å²) in [6.45, 7) is 1.85. The number of aryl methyl sites for hydroxylation is 1. The average Bonchev–Trinajstić information content (AvgIpc) is 2.20. The molecule has 5 heteroatoms. The number of aromatic hydroxyl groups is 1. The Morgan fingerprint density at radius 2 is 1.88 bits per heavy atom. The monoisotopic (exact) mass is 231 g/mol. The summed E-state index contributed by atoms with van der Waals surface area (Å²) in [4.78, 5) is 0. The van der Waals surface area contributed by atoms with Crippen molar-refractivity contribution in [1.29, 1.82) is 0 Å². The van der Waals surface area contributed by atoms with Gasteiger partial charge in [-0.15, -0.1) is 0 Å². The molecular weight excluding hydrogens is 216 g/mol. The van der Waals surface area contributed by atoms with Gasteiger partial charge in [-0.25, -0.2) is 8.78 Å². The normalized spacial score (nSPS) is 13.1. The predicted octanol–water partition coefficient (Wildman–Crippen LogP) is 2.02. The Hall–Kier alpha value is -1.20. The molecular formula is C11H15F2NO2. The van der Waals surface area contributed by atoms with Crippen molar-refractivity contribution >= 4 is 0 Å². The molecule has 90 valence electrons. The molecule has 0 saturated carbocycles. The third-order valence-electron chi connectivity index (χ3n) is 2.35. The lowest BCUT2D eigenvalue weighted by molar-refractivity contribution is 0.143. The first-order valence-corrected chi connectivity index (χ1v) is 4.97. The van der Waals surface area contributed by atoms with E-state index in [1.807, 2.05) is 0 Å². The van der Waals surface area contributed by atoms with Crippen molar-refractivity contribution in [1.82, 2.24) is 0 Å². The van der Waals surface area contributed by atoms with Crippen LogP contribution < -0.4 is 5.73 Å². The Kier molecular flexibility index (Phi) is 4.20. The minimum absolute atomic E-state index is 0.112. The van der Waals surface area contributed by atoms with Gasteiger partial charge in [-0.3, -0.25) is 0 Å². The highest BCUT2D eigenvalue weighted by molar-refractivity contribution is 5.45. The van der Waals surface area contributed by atoms with Gasteiger partial charge in [-0.05, 0) is 32.0 Å². The molecule has 0 heterocycles. The number of aliphatic hydroxyl groups excluding tert-OH is 1. The number of benzene rings is 1. The van der Waals surface area contributed by atoms with E-state index in [-0.39, 0.29) is 18.5 Å². The number of rotatable bonds is 4. The Bertz CT molecular complexity index is 369. The van der Waals surface area contributed by atoms with Gasteiger partial charge < -0.3 is 15.9 Å². The Morgan fingerprint density at radius 3 is 2.38 bits per heavy atom. The largest absolute Gasteiger partial charge is 0.507 e. The molecule has 0 aliphatic carbocycles. The lowest BCUT2D eigenvalue weighted by atomic mass is 9.99. The molecule has 0 bridgehead atoms. The van der Waals surface area contributed by atoms with Crippen LogP contribution in [-0.2, 0) is 0 Å². The molecule has 1 aromatic carbocycles. The average molecular weight is 231 g/mol. The van der Waals surface area contributed by atoms with Gasteiger partial charge in [0.05, 0.1) is 11.7 Å². The van der Waals surface area contributed by atoms with Crippen LogP contribution in [0.25, 0.3) is 0 Å². The fraction of sp³-hybridized carbons (Fsp3) is 0.455. The first-order valence-electron chi connectivity index (χ1n) is 4.97. The van der Waals surface area contributed by atoms with Crippen molar-refractivity contribution in [2.24, 2.45) is 5.73 Å². The molecule has 1 unspecified atom stereocenters. The predicted molar refractivity (Wildman–Crippen MR) is 56.4 cm³/mol. The summed E-state index contributed by atoms with van der Waals surface area (Å²) in [5.41, 5.74) is 5.49. The van der Waals surface area contributed by atoms with E-state index in [4.69, 9.17) is 5.73 Å². The van der Waals surface area contributed by atoms with E-state index in [2.05, 4.69) is 0 Å². The van der Waals surface area contributed by atoms with E-state index in [1.54, 1.807) is 6.92 Å². The third-order valence-corrected chi connectivity index (χ3v) is 2.35. The number of hydrogen-bond acceptors (Lipinski definition) is 3. The first-order chi connectivity index (χ1) is 7.47. The molecule has 0 saturated heterocycles. The molecule has 0 fully saturated rings. The molecule has 0 aliphatic rings. The van der Waals surface area contributed by atoms with Crippen LogP contribution in [0.15, 0.2) is 12.1 Å². The van der Waals surface area contributed by atoms with Crippen molar-refractivity contribution in [3.05, 3.63) is 28.8 Å². The molecule has 1 aromatic rings. The molecule has 0 spiro atoms. The highest BCUT2D eigenvalue weighted by atomic mass is 19.3. The van der Waals surface area contributed by atoms with E-state index < -0.39 is 23.8 Å². The Balaban J connectivity index is 3.18. The number of nitrogens with two attached hydrogens (primary N) is 1. The third kappa shape index (κ3) is 2.68.